The molecule has 0 radical (unpaired) electrons. The molecule has 1 saturated carbocycles. The fourth-order valence-corrected chi connectivity index (χ4v) is 4.28. The van der Waals surface area contributed by atoms with Crippen molar-refractivity contribution in [3.05, 3.63) is 22.4 Å². The molecule has 132 valence electrons. The molecule has 7 heteroatoms. The van der Waals surface area contributed by atoms with E-state index >= 15 is 0 Å². The van der Waals surface area contributed by atoms with Crippen LogP contribution < -0.4 is 5.32 Å². The first-order chi connectivity index (χ1) is 10.7. The van der Waals surface area contributed by atoms with E-state index in [1.54, 1.807) is 11.3 Å². The Balaban J connectivity index is 0.00000192. The van der Waals surface area contributed by atoms with Crippen LogP contribution in [0.3, 0.4) is 0 Å². The standard InChI is InChI=1S/C16H24F2N2OS.ClH/c17-15(18)11-21-7-6-20(10-13-1-8-22-12-13)14-9-16(14)2-4-19-5-3-16;/h1,8,12,14-15,19H,2-7,9-11H2;1H. The monoisotopic (exact) mass is 366 g/mol. The van der Waals surface area contributed by atoms with Crippen molar-refractivity contribution < 1.29 is 13.5 Å². The molecule has 1 unspecified atom stereocenters. The van der Waals surface area contributed by atoms with E-state index in [-0.39, 0.29) is 12.4 Å². The van der Waals surface area contributed by atoms with Gasteiger partial charge in [-0.05, 0) is 60.2 Å². The van der Waals surface area contributed by atoms with Crippen molar-refractivity contribution in [1.29, 1.82) is 0 Å². The molecule has 1 aromatic rings. The Morgan fingerprint density at radius 1 is 1.39 bits per heavy atom. The lowest BCUT2D eigenvalue weighted by molar-refractivity contribution is 0.00674. The molecule has 0 aromatic carbocycles. The highest BCUT2D eigenvalue weighted by atomic mass is 35.5. The lowest BCUT2D eigenvalue weighted by Gasteiger charge is -2.29. The molecular formula is C16H25ClF2N2OS. The van der Waals surface area contributed by atoms with E-state index in [0.717, 1.165) is 26.2 Å². The number of thiophene rings is 1. The molecule has 3 rings (SSSR count). The minimum atomic E-state index is -2.37. The van der Waals surface area contributed by atoms with Gasteiger partial charge in [0.05, 0.1) is 6.61 Å². The summed E-state index contributed by atoms with van der Waals surface area (Å²) in [4.78, 5) is 2.44. The van der Waals surface area contributed by atoms with Crippen molar-refractivity contribution in [3.8, 4) is 0 Å². The first-order valence-electron chi connectivity index (χ1n) is 8.01. The van der Waals surface area contributed by atoms with E-state index in [4.69, 9.17) is 4.74 Å². The number of ether oxygens (including phenoxy) is 1. The second-order valence-corrected chi connectivity index (χ2v) is 7.18. The van der Waals surface area contributed by atoms with Crippen LogP contribution >= 0.6 is 23.7 Å². The van der Waals surface area contributed by atoms with E-state index in [0.29, 0.717) is 18.1 Å². The number of halogens is 3. The molecule has 0 bridgehead atoms. The van der Waals surface area contributed by atoms with Crippen LogP contribution in [0.4, 0.5) is 8.78 Å². The third-order valence-corrected chi connectivity index (χ3v) is 5.65. The number of alkyl halides is 2. The second kappa shape index (κ2) is 8.72. The van der Waals surface area contributed by atoms with Crippen LogP contribution in [0, 0.1) is 5.41 Å². The number of rotatable bonds is 8. The fraction of sp³-hybridized carbons (Fsp3) is 0.750. The normalized spacial score (nSPS) is 22.5. The van der Waals surface area contributed by atoms with Gasteiger partial charge in [-0.25, -0.2) is 8.78 Å². The van der Waals surface area contributed by atoms with Crippen molar-refractivity contribution in [2.24, 2.45) is 5.41 Å². The Hall–Kier alpha value is -0.270. The van der Waals surface area contributed by atoms with Crippen LogP contribution in [-0.4, -0.2) is 50.2 Å². The number of nitrogens with zero attached hydrogens (tertiary/aromatic N) is 1. The molecular weight excluding hydrogens is 342 g/mol. The van der Waals surface area contributed by atoms with Gasteiger partial charge >= 0.3 is 0 Å². The Kier molecular flexibility index (Phi) is 7.22. The maximum Gasteiger partial charge on any atom is 0.261 e. The van der Waals surface area contributed by atoms with Crippen molar-refractivity contribution in [1.82, 2.24) is 10.2 Å². The van der Waals surface area contributed by atoms with Gasteiger partial charge in [-0.3, -0.25) is 4.90 Å². The smallest absolute Gasteiger partial charge is 0.261 e. The zero-order valence-corrected chi connectivity index (χ0v) is 14.8. The molecule has 1 spiro atoms. The third-order valence-electron chi connectivity index (χ3n) is 4.92. The summed E-state index contributed by atoms with van der Waals surface area (Å²) >= 11 is 1.71. The summed E-state index contributed by atoms with van der Waals surface area (Å²) < 4.78 is 29.5. The zero-order valence-electron chi connectivity index (χ0n) is 13.2. The lowest BCUT2D eigenvalue weighted by Crippen LogP contribution is -2.37. The number of hydrogen-bond acceptors (Lipinski definition) is 4. The van der Waals surface area contributed by atoms with Crippen LogP contribution in [0.2, 0.25) is 0 Å². The summed E-state index contributed by atoms with van der Waals surface area (Å²) in [5, 5.41) is 7.69. The fourth-order valence-electron chi connectivity index (χ4n) is 3.62. The second-order valence-electron chi connectivity index (χ2n) is 6.40. The van der Waals surface area contributed by atoms with Gasteiger partial charge < -0.3 is 10.1 Å². The van der Waals surface area contributed by atoms with E-state index < -0.39 is 13.0 Å². The predicted octanol–water partition coefficient (Wildman–Crippen LogP) is 3.40. The molecule has 23 heavy (non-hydrogen) atoms. The Morgan fingerprint density at radius 3 is 2.83 bits per heavy atom. The maximum atomic E-state index is 12.2. The topological polar surface area (TPSA) is 24.5 Å². The zero-order chi connectivity index (χ0) is 15.4. The quantitative estimate of drug-likeness (QED) is 0.714. The van der Waals surface area contributed by atoms with E-state index in [1.165, 1.54) is 24.8 Å². The van der Waals surface area contributed by atoms with E-state index in [1.807, 2.05) is 0 Å². The summed E-state index contributed by atoms with van der Waals surface area (Å²) in [6, 6.07) is 2.74. The molecule has 1 atom stereocenters. The SMILES string of the molecule is Cl.FC(F)COCCN(Cc1ccsc1)C1CC12CCNCC2. The number of nitrogens with one attached hydrogen (secondary N) is 1. The van der Waals surface area contributed by atoms with Gasteiger partial charge in [0.25, 0.3) is 6.43 Å². The lowest BCUT2D eigenvalue weighted by atomic mass is 9.93. The highest BCUT2D eigenvalue weighted by molar-refractivity contribution is 7.07. The first-order valence-corrected chi connectivity index (χ1v) is 8.96. The number of hydrogen-bond donors (Lipinski definition) is 1. The van der Waals surface area contributed by atoms with Crippen LogP contribution in [-0.2, 0) is 11.3 Å². The van der Waals surface area contributed by atoms with Gasteiger partial charge in [-0.2, -0.15) is 11.3 Å². The molecule has 1 aromatic heterocycles. The average Bonchev–Trinajstić information content (AvgIpc) is 2.96. The molecule has 2 heterocycles. The van der Waals surface area contributed by atoms with Gasteiger partial charge in [-0.15, -0.1) is 12.4 Å². The summed E-state index contributed by atoms with van der Waals surface area (Å²) in [5.41, 5.74) is 1.78. The summed E-state index contributed by atoms with van der Waals surface area (Å²) in [6.45, 7) is 3.78. The molecule has 0 amide bonds. The van der Waals surface area contributed by atoms with Crippen molar-refractivity contribution in [2.45, 2.75) is 38.3 Å². The minimum Gasteiger partial charge on any atom is -0.374 e. The van der Waals surface area contributed by atoms with E-state index in [9.17, 15) is 8.78 Å². The summed E-state index contributed by atoms with van der Waals surface area (Å²) in [5.74, 6) is 0. The van der Waals surface area contributed by atoms with Crippen molar-refractivity contribution in [2.75, 3.05) is 32.8 Å². The Labute approximate surface area is 146 Å². The van der Waals surface area contributed by atoms with Gasteiger partial charge in [0.2, 0.25) is 0 Å². The van der Waals surface area contributed by atoms with E-state index in [2.05, 4.69) is 27.0 Å². The van der Waals surface area contributed by atoms with Crippen molar-refractivity contribution in [3.63, 3.8) is 0 Å². The minimum absolute atomic E-state index is 0. The van der Waals surface area contributed by atoms with Gasteiger partial charge in [0.1, 0.15) is 6.61 Å². The van der Waals surface area contributed by atoms with Gasteiger partial charge in [-0.1, -0.05) is 0 Å². The first kappa shape index (κ1) is 19.1. The molecule has 1 aliphatic carbocycles. The number of piperidine rings is 1. The molecule has 1 N–H and O–H groups in total. The summed E-state index contributed by atoms with van der Waals surface area (Å²) in [6.07, 6.45) is 1.33. The van der Waals surface area contributed by atoms with Gasteiger partial charge in [0, 0.05) is 19.1 Å². The molecule has 3 nitrogen and oxygen atoms in total. The van der Waals surface area contributed by atoms with Crippen LogP contribution in [0.15, 0.2) is 16.8 Å². The maximum absolute atomic E-state index is 12.2. The van der Waals surface area contributed by atoms with Crippen molar-refractivity contribution >= 4 is 23.7 Å². The molecule has 2 aliphatic rings. The molecule has 2 fully saturated rings. The average molecular weight is 367 g/mol. The Bertz CT molecular complexity index is 455. The van der Waals surface area contributed by atoms with Crippen LogP contribution in [0.5, 0.6) is 0 Å². The highest BCUT2D eigenvalue weighted by Crippen LogP contribution is 2.55. The highest BCUT2D eigenvalue weighted by Gasteiger charge is 2.56. The van der Waals surface area contributed by atoms with Crippen LogP contribution in [0.25, 0.3) is 0 Å². The summed E-state index contributed by atoms with van der Waals surface area (Å²) in [7, 11) is 0. The molecule has 1 saturated heterocycles. The Morgan fingerprint density at radius 2 is 2.17 bits per heavy atom. The van der Waals surface area contributed by atoms with Gasteiger partial charge in [0.15, 0.2) is 0 Å². The predicted molar refractivity (Wildman–Crippen MR) is 91.7 cm³/mol. The largest absolute Gasteiger partial charge is 0.374 e. The molecule has 1 aliphatic heterocycles. The third kappa shape index (κ3) is 5.10. The van der Waals surface area contributed by atoms with Crippen LogP contribution in [0.1, 0.15) is 24.8 Å².